The van der Waals surface area contributed by atoms with E-state index in [1.807, 2.05) is 53.2 Å². The molecule has 24 heavy (non-hydrogen) atoms. The summed E-state index contributed by atoms with van der Waals surface area (Å²) in [5.41, 5.74) is 1.13. The van der Waals surface area contributed by atoms with E-state index in [2.05, 4.69) is 5.10 Å². The number of aromatic nitrogens is 2. The van der Waals surface area contributed by atoms with Crippen LogP contribution in [0.25, 0.3) is 0 Å². The number of likely N-dealkylation sites (tertiary alicyclic amines) is 1. The second-order valence-corrected chi connectivity index (χ2v) is 6.43. The van der Waals surface area contributed by atoms with Gasteiger partial charge in [0.15, 0.2) is 11.5 Å². The SMILES string of the molecule is Cc1cnn(C[C@H]2CCCN2C(=O)[C@@H]2COc3ccccc3O2)c1. The minimum absolute atomic E-state index is 0.0101. The van der Waals surface area contributed by atoms with E-state index in [9.17, 15) is 4.79 Å². The zero-order valence-electron chi connectivity index (χ0n) is 13.7. The summed E-state index contributed by atoms with van der Waals surface area (Å²) in [6.45, 7) is 3.78. The number of para-hydroxylation sites is 2. The fourth-order valence-corrected chi connectivity index (χ4v) is 3.42. The van der Waals surface area contributed by atoms with Gasteiger partial charge in [-0.25, -0.2) is 0 Å². The van der Waals surface area contributed by atoms with Crippen LogP contribution in [0.4, 0.5) is 0 Å². The van der Waals surface area contributed by atoms with Gasteiger partial charge in [-0.2, -0.15) is 5.10 Å². The highest BCUT2D eigenvalue weighted by Gasteiger charge is 2.36. The van der Waals surface area contributed by atoms with Crippen LogP contribution in [-0.4, -0.2) is 45.9 Å². The summed E-state index contributed by atoms with van der Waals surface area (Å²) in [5, 5.41) is 4.34. The molecule has 2 atom stereocenters. The summed E-state index contributed by atoms with van der Waals surface area (Å²) >= 11 is 0. The Hall–Kier alpha value is -2.50. The van der Waals surface area contributed by atoms with Gasteiger partial charge in [0, 0.05) is 12.7 Å². The smallest absolute Gasteiger partial charge is 0.267 e. The van der Waals surface area contributed by atoms with Crippen LogP contribution in [0, 0.1) is 6.92 Å². The van der Waals surface area contributed by atoms with Crippen molar-refractivity contribution < 1.29 is 14.3 Å². The van der Waals surface area contributed by atoms with Gasteiger partial charge in [0.2, 0.25) is 6.10 Å². The van der Waals surface area contributed by atoms with Crippen LogP contribution >= 0.6 is 0 Å². The zero-order chi connectivity index (χ0) is 16.5. The third-order valence-electron chi connectivity index (χ3n) is 4.60. The second kappa shape index (κ2) is 6.19. The molecule has 0 radical (unpaired) electrons. The first-order valence-corrected chi connectivity index (χ1v) is 8.39. The van der Waals surface area contributed by atoms with Crippen molar-refractivity contribution in [3.8, 4) is 11.5 Å². The van der Waals surface area contributed by atoms with Gasteiger partial charge in [0.05, 0.1) is 18.8 Å². The normalized spacial score (nSPS) is 22.6. The Bertz CT molecular complexity index is 743. The molecule has 4 rings (SSSR count). The van der Waals surface area contributed by atoms with Gasteiger partial charge in [0.25, 0.3) is 5.91 Å². The van der Waals surface area contributed by atoms with Crippen molar-refractivity contribution in [2.75, 3.05) is 13.2 Å². The number of carbonyl (C=O) groups is 1. The first-order valence-electron chi connectivity index (χ1n) is 8.39. The van der Waals surface area contributed by atoms with Gasteiger partial charge in [-0.3, -0.25) is 9.48 Å². The molecule has 6 heteroatoms. The van der Waals surface area contributed by atoms with E-state index >= 15 is 0 Å². The number of carbonyl (C=O) groups excluding carboxylic acids is 1. The monoisotopic (exact) mass is 327 g/mol. The molecule has 0 N–H and O–H groups in total. The summed E-state index contributed by atoms with van der Waals surface area (Å²) in [6, 6.07) is 7.63. The predicted octanol–water partition coefficient (Wildman–Crippen LogP) is 2.02. The minimum Gasteiger partial charge on any atom is -0.485 e. The maximum Gasteiger partial charge on any atom is 0.267 e. The predicted molar refractivity (Wildman–Crippen MR) is 88.1 cm³/mol. The molecular formula is C18H21N3O3. The zero-order valence-corrected chi connectivity index (χ0v) is 13.7. The van der Waals surface area contributed by atoms with Crippen molar-refractivity contribution >= 4 is 5.91 Å². The molecule has 3 heterocycles. The first kappa shape index (κ1) is 15.1. The van der Waals surface area contributed by atoms with Crippen LogP contribution in [0.1, 0.15) is 18.4 Å². The van der Waals surface area contributed by atoms with E-state index in [1.54, 1.807) is 0 Å². The van der Waals surface area contributed by atoms with Gasteiger partial charge in [0.1, 0.15) is 6.61 Å². The van der Waals surface area contributed by atoms with Gasteiger partial charge in [-0.05, 0) is 37.5 Å². The van der Waals surface area contributed by atoms with E-state index < -0.39 is 6.10 Å². The number of benzene rings is 1. The third-order valence-corrected chi connectivity index (χ3v) is 4.60. The molecular weight excluding hydrogens is 306 g/mol. The molecule has 6 nitrogen and oxygen atoms in total. The summed E-state index contributed by atoms with van der Waals surface area (Å²) in [4.78, 5) is 14.8. The van der Waals surface area contributed by atoms with Crippen molar-refractivity contribution in [3.05, 3.63) is 42.2 Å². The van der Waals surface area contributed by atoms with E-state index in [-0.39, 0.29) is 18.6 Å². The highest BCUT2D eigenvalue weighted by atomic mass is 16.6. The molecule has 0 spiro atoms. The van der Waals surface area contributed by atoms with E-state index in [4.69, 9.17) is 9.47 Å². The molecule has 0 bridgehead atoms. The standard InChI is InChI=1S/C18H21N3O3/c1-13-9-19-20(10-13)11-14-5-4-8-21(14)18(22)17-12-23-15-6-2-3-7-16(15)24-17/h2-3,6-7,9-10,14,17H,4-5,8,11-12H2,1H3/t14-,17+/m1/s1. The van der Waals surface area contributed by atoms with Crippen molar-refractivity contribution in [2.45, 2.75) is 38.5 Å². The fraction of sp³-hybridized carbons (Fsp3) is 0.444. The molecule has 126 valence electrons. The maximum absolute atomic E-state index is 12.9. The van der Waals surface area contributed by atoms with Crippen molar-refractivity contribution in [1.82, 2.24) is 14.7 Å². The molecule has 1 amide bonds. The lowest BCUT2D eigenvalue weighted by Gasteiger charge is -2.31. The van der Waals surface area contributed by atoms with Crippen LogP contribution in [0.3, 0.4) is 0 Å². The summed E-state index contributed by atoms with van der Waals surface area (Å²) in [6.07, 6.45) is 5.29. The Morgan fingerprint density at radius 2 is 2.17 bits per heavy atom. The number of rotatable bonds is 3. The molecule has 1 fully saturated rings. The van der Waals surface area contributed by atoms with Gasteiger partial charge in [-0.1, -0.05) is 12.1 Å². The molecule has 0 aliphatic carbocycles. The number of aryl methyl sites for hydroxylation is 1. The van der Waals surface area contributed by atoms with E-state index in [0.717, 1.165) is 31.5 Å². The maximum atomic E-state index is 12.9. The lowest BCUT2D eigenvalue weighted by molar-refractivity contribution is -0.142. The molecule has 1 saturated heterocycles. The van der Waals surface area contributed by atoms with Crippen LogP contribution in [-0.2, 0) is 11.3 Å². The largest absolute Gasteiger partial charge is 0.485 e. The average molecular weight is 327 g/mol. The highest BCUT2D eigenvalue weighted by Crippen LogP contribution is 2.32. The lowest BCUT2D eigenvalue weighted by atomic mass is 10.2. The Morgan fingerprint density at radius 1 is 1.33 bits per heavy atom. The quantitative estimate of drug-likeness (QED) is 0.865. The highest BCUT2D eigenvalue weighted by molar-refractivity contribution is 5.82. The lowest BCUT2D eigenvalue weighted by Crippen LogP contribution is -2.49. The Kier molecular flexibility index (Phi) is 3.88. The third kappa shape index (κ3) is 2.84. The number of hydrogen-bond donors (Lipinski definition) is 0. The summed E-state index contributed by atoms with van der Waals surface area (Å²) in [7, 11) is 0. The Morgan fingerprint density at radius 3 is 2.96 bits per heavy atom. The number of nitrogens with zero attached hydrogens (tertiary/aromatic N) is 3. The molecule has 0 saturated carbocycles. The number of fused-ring (bicyclic) bond motifs is 1. The fourth-order valence-electron chi connectivity index (χ4n) is 3.42. The summed E-state index contributed by atoms with van der Waals surface area (Å²) in [5.74, 6) is 1.35. The van der Waals surface area contributed by atoms with Gasteiger partial charge < -0.3 is 14.4 Å². The number of hydrogen-bond acceptors (Lipinski definition) is 4. The molecule has 1 aromatic heterocycles. The number of amides is 1. The molecule has 2 aromatic rings. The molecule has 0 unspecified atom stereocenters. The van der Waals surface area contributed by atoms with Crippen LogP contribution in [0.5, 0.6) is 11.5 Å². The van der Waals surface area contributed by atoms with E-state index in [1.165, 1.54) is 0 Å². The molecule has 2 aliphatic heterocycles. The van der Waals surface area contributed by atoms with Crippen LogP contribution in [0.2, 0.25) is 0 Å². The van der Waals surface area contributed by atoms with Crippen LogP contribution < -0.4 is 9.47 Å². The van der Waals surface area contributed by atoms with Crippen molar-refractivity contribution in [1.29, 1.82) is 0 Å². The first-order chi connectivity index (χ1) is 11.7. The number of ether oxygens (including phenoxy) is 2. The minimum atomic E-state index is -0.570. The van der Waals surface area contributed by atoms with Crippen molar-refractivity contribution in [3.63, 3.8) is 0 Å². The molecule has 1 aromatic carbocycles. The van der Waals surface area contributed by atoms with E-state index in [0.29, 0.717) is 11.5 Å². The molecule has 2 aliphatic rings. The van der Waals surface area contributed by atoms with Crippen molar-refractivity contribution in [2.24, 2.45) is 0 Å². The Balaban J connectivity index is 1.45. The van der Waals surface area contributed by atoms with Crippen LogP contribution in [0.15, 0.2) is 36.7 Å². The Labute approximate surface area is 141 Å². The summed E-state index contributed by atoms with van der Waals surface area (Å²) < 4.78 is 13.5. The van der Waals surface area contributed by atoms with Gasteiger partial charge >= 0.3 is 0 Å². The van der Waals surface area contributed by atoms with Gasteiger partial charge in [-0.15, -0.1) is 0 Å². The average Bonchev–Trinajstić information content (AvgIpc) is 3.23. The topological polar surface area (TPSA) is 56.6 Å². The second-order valence-electron chi connectivity index (χ2n) is 6.43.